The van der Waals surface area contributed by atoms with Crippen LogP contribution in [0.25, 0.3) is 20.8 Å². The Morgan fingerprint density at radius 1 is 0.889 bits per heavy atom. The number of benzene rings is 4. The molecule has 180 valence electrons. The fourth-order valence-electron chi connectivity index (χ4n) is 3.81. The number of amides is 1. The highest BCUT2D eigenvalue weighted by atomic mass is 32.2. The van der Waals surface area contributed by atoms with E-state index in [4.69, 9.17) is 0 Å². The number of hydrogen-bond acceptors (Lipinski definition) is 5. The van der Waals surface area contributed by atoms with E-state index in [-0.39, 0.29) is 17.3 Å². The summed E-state index contributed by atoms with van der Waals surface area (Å²) in [5, 5.41) is 3.77. The SMILES string of the molecule is CN(Cc1ccccc1)S(=O)(=O)c1ccc(C(=O)Nc2cccc(-c3nc4ccccc4s3)c2)cc1. The van der Waals surface area contributed by atoms with Crippen molar-refractivity contribution in [2.24, 2.45) is 0 Å². The summed E-state index contributed by atoms with van der Waals surface area (Å²) in [5.41, 5.74) is 3.75. The van der Waals surface area contributed by atoms with Crippen LogP contribution < -0.4 is 5.32 Å². The van der Waals surface area contributed by atoms with Crippen molar-refractivity contribution in [2.75, 3.05) is 12.4 Å². The van der Waals surface area contributed by atoms with Crippen molar-refractivity contribution in [2.45, 2.75) is 11.4 Å². The molecule has 0 unspecified atom stereocenters. The van der Waals surface area contributed by atoms with Crippen molar-refractivity contribution in [3.63, 3.8) is 0 Å². The van der Waals surface area contributed by atoms with Crippen LogP contribution in [0.1, 0.15) is 15.9 Å². The fourth-order valence-corrected chi connectivity index (χ4v) is 5.93. The Morgan fingerprint density at radius 3 is 2.36 bits per heavy atom. The third-order valence-electron chi connectivity index (χ3n) is 5.73. The molecule has 0 radical (unpaired) electrons. The van der Waals surface area contributed by atoms with Gasteiger partial charge in [-0.3, -0.25) is 4.79 Å². The van der Waals surface area contributed by atoms with Crippen LogP contribution in [-0.4, -0.2) is 30.7 Å². The molecule has 36 heavy (non-hydrogen) atoms. The van der Waals surface area contributed by atoms with E-state index in [0.29, 0.717) is 11.3 Å². The number of anilines is 1. The van der Waals surface area contributed by atoms with E-state index >= 15 is 0 Å². The third kappa shape index (κ3) is 5.06. The van der Waals surface area contributed by atoms with Crippen molar-refractivity contribution < 1.29 is 13.2 Å². The van der Waals surface area contributed by atoms with Crippen LogP contribution >= 0.6 is 11.3 Å². The summed E-state index contributed by atoms with van der Waals surface area (Å²) >= 11 is 1.60. The Bertz CT molecular complexity index is 1600. The van der Waals surface area contributed by atoms with Crippen LogP contribution in [0.15, 0.2) is 108 Å². The van der Waals surface area contributed by atoms with Gasteiger partial charge in [-0.05, 0) is 54.1 Å². The third-order valence-corrected chi connectivity index (χ3v) is 8.64. The Labute approximate surface area is 213 Å². The second-order valence-electron chi connectivity index (χ2n) is 8.29. The number of fused-ring (bicyclic) bond motifs is 1. The molecule has 4 aromatic carbocycles. The maximum absolute atomic E-state index is 13.0. The molecule has 0 atom stereocenters. The molecule has 5 aromatic rings. The van der Waals surface area contributed by atoms with Gasteiger partial charge in [-0.1, -0.05) is 54.6 Å². The molecular weight excluding hydrogens is 490 g/mol. The minimum absolute atomic E-state index is 0.135. The van der Waals surface area contributed by atoms with Gasteiger partial charge in [0, 0.05) is 30.4 Å². The Kier molecular flexibility index (Phi) is 6.65. The predicted octanol–water partition coefficient (Wildman–Crippen LogP) is 6.04. The van der Waals surface area contributed by atoms with Gasteiger partial charge < -0.3 is 5.32 Å². The van der Waals surface area contributed by atoms with Gasteiger partial charge in [0.25, 0.3) is 5.91 Å². The topological polar surface area (TPSA) is 79.4 Å². The van der Waals surface area contributed by atoms with Crippen molar-refractivity contribution in [1.29, 1.82) is 0 Å². The molecular formula is C28H23N3O3S2. The largest absolute Gasteiger partial charge is 0.322 e. The zero-order chi connectivity index (χ0) is 25.1. The van der Waals surface area contributed by atoms with Crippen molar-refractivity contribution in [1.82, 2.24) is 9.29 Å². The van der Waals surface area contributed by atoms with Gasteiger partial charge in [0.2, 0.25) is 10.0 Å². The van der Waals surface area contributed by atoms with E-state index in [9.17, 15) is 13.2 Å². The molecule has 5 rings (SSSR count). The van der Waals surface area contributed by atoms with Gasteiger partial charge in [0.05, 0.1) is 15.1 Å². The van der Waals surface area contributed by atoms with E-state index in [2.05, 4.69) is 10.3 Å². The quantitative estimate of drug-likeness (QED) is 0.288. The number of carbonyl (C=O) groups is 1. The molecule has 1 heterocycles. The van der Waals surface area contributed by atoms with E-state index in [0.717, 1.165) is 26.4 Å². The normalized spacial score (nSPS) is 11.6. The monoisotopic (exact) mass is 513 g/mol. The first-order valence-electron chi connectivity index (χ1n) is 11.3. The number of carbonyl (C=O) groups excluding carboxylic acids is 1. The lowest BCUT2D eigenvalue weighted by atomic mass is 10.2. The molecule has 0 bridgehead atoms. The molecule has 1 N–H and O–H groups in total. The zero-order valence-electron chi connectivity index (χ0n) is 19.5. The maximum Gasteiger partial charge on any atom is 0.255 e. The Morgan fingerprint density at radius 2 is 1.61 bits per heavy atom. The van der Waals surface area contributed by atoms with Gasteiger partial charge in [0.15, 0.2) is 0 Å². The second-order valence-corrected chi connectivity index (χ2v) is 11.4. The van der Waals surface area contributed by atoms with Gasteiger partial charge in [-0.2, -0.15) is 4.31 Å². The first-order valence-corrected chi connectivity index (χ1v) is 13.5. The van der Waals surface area contributed by atoms with Gasteiger partial charge in [-0.25, -0.2) is 13.4 Å². The van der Waals surface area contributed by atoms with Crippen LogP contribution in [0.2, 0.25) is 0 Å². The van der Waals surface area contributed by atoms with Crippen LogP contribution in [0.4, 0.5) is 5.69 Å². The lowest BCUT2D eigenvalue weighted by Gasteiger charge is -2.17. The highest BCUT2D eigenvalue weighted by Crippen LogP contribution is 2.31. The lowest BCUT2D eigenvalue weighted by Crippen LogP contribution is -2.26. The van der Waals surface area contributed by atoms with E-state index in [1.165, 1.54) is 28.6 Å². The number of nitrogens with one attached hydrogen (secondary N) is 1. The minimum atomic E-state index is -3.69. The summed E-state index contributed by atoms with van der Waals surface area (Å²) in [4.78, 5) is 17.7. The number of hydrogen-bond donors (Lipinski definition) is 1. The highest BCUT2D eigenvalue weighted by Gasteiger charge is 2.21. The second kappa shape index (κ2) is 10.0. The smallest absolute Gasteiger partial charge is 0.255 e. The van der Waals surface area contributed by atoms with Gasteiger partial charge >= 0.3 is 0 Å². The number of thiazole rings is 1. The molecule has 0 saturated carbocycles. The zero-order valence-corrected chi connectivity index (χ0v) is 21.1. The fraction of sp³-hybridized carbons (Fsp3) is 0.0714. The molecule has 0 saturated heterocycles. The molecule has 0 aliphatic carbocycles. The lowest BCUT2D eigenvalue weighted by molar-refractivity contribution is 0.102. The summed E-state index contributed by atoms with van der Waals surface area (Å²) < 4.78 is 28.3. The first kappa shape index (κ1) is 23.9. The van der Waals surface area contributed by atoms with Crippen LogP contribution in [0.3, 0.4) is 0 Å². The first-order chi connectivity index (χ1) is 17.4. The number of para-hydroxylation sites is 1. The minimum Gasteiger partial charge on any atom is -0.322 e. The summed E-state index contributed by atoms with van der Waals surface area (Å²) in [6, 6.07) is 30.8. The summed E-state index contributed by atoms with van der Waals surface area (Å²) in [5.74, 6) is -0.321. The van der Waals surface area contributed by atoms with Crippen LogP contribution in [0, 0.1) is 0 Å². The van der Waals surface area contributed by atoms with Crippen molar-refractivity contribution in [3.05, 3.63) is 114 Å². The maximum atomic E-state index is 13.0. The molecule has 0 aliphatic heterocycles. The number of sulfonamides is 1. The molecule has 0 fully saturated rings. The predicted molar refractivity (Wildman–Crippen MR) is 145 cm³/mol. The van der Waals surface area contributed by atoms with Gasteiger partial charge in [0.1, 0.15) is 5.01 Å². The molecule has 8 heteroatoms. The summed E-state index contributed by atoms with van der Waals surface area (Å²) in [6.45, 7) is 0.260. The van der Waals surface area contributed by atoms with E-state index in [1.54, 1.807) is 18.4 Å². The van der Waals surface area contributed by atoms with Gasteiger partial charge in [-0.15, -0.1) is 11.3 Å². The molecule has 1 aromatic heterocycles. The average molecular weight is 514 g/mol. The molecule has 0 spiro atoms. The summed E-state index contributed by atoms with van der Waals surface area (Å²) in [6.07, 6.45) is 0. The highest BCUT2D eigenvalue weighted by molar-refractivity contribution is 7.89. The van der Waals surface area contributed by atoms with E-state index < -0.39 is 10.0 Å². The average Bonchev–Trinajstić information content (AvgIpc) is 3.34. The Hall–Kier alpha value is -3.85. The van der Waals surface area contributed by atoms with Crippen LogP contribution in [0.5, 0.6) is 0 Å². The Balaban J connectivity index is 1.29. The van der Waals surface area contributed by atoms with Crippen LogP contribution in [-0.2, 0) is 16.6 Å². The number of rotatable bonds is 7. The number of nitrogens with zero attached hydrogens (tertiary/aromatic N) is 2. The molecule has 6 nitrogen and oxygen atoms in total. The summed E-state index contributed by atoms with van der Waals surface area (Å²) in [7, 11) is -2.15. The standard InChI is InChI=1S/C28H23N3O3S2/c1-31(19-20-8-3-2-4-9-20)36(33,34)24-16-14-21(15-17-24)27(32)29-23-11-7-10-22(18-23)28-30-25-12-5-6-13-26(25)35-28/h2-18H,19H2,1H3,(H,29,32). The van der Waals surface area contributed by atoms with Crippen molar-refractivity contribution >= 4 is 43.2 Å². The van der Waals surface area contributed by atoms with Crippen molar-refractivity contribution in [3.8, 4) is 10.6 Å². The number of aromatic nitrogens is 1. The molecule has 0 aliphatic rings. The molecule has 1 amide bonds. The van der Waals surface area contributed by atoms with E-state index in [1.807, 2.05) is 78.9 Å².